The third kappa shape index (κ3) is 3.20. The minimum atomic E-state index is -1.08. The summed E-state index contributed by atoms with van der Waals surface area (Å²) < 4.78 is 3.21. The maximum Gasteiger partial charge on any atom is 0.357 e. The van der Waals surface area contributed by atoms with Crippen molar-refractivity contribution in [2.24, 2.45) is 14.1 Å². The highest BCUT2D eigenvalue weighted by atomic mass is 16.4. The van der Waals surface area contributed by atoms with E-state index in [1.54, 1.807) is 36.5 Å². The smallest absolute Gasteiger partial charge is 0.357 e. The summed E-state index contributed by atoms with van der Waals surface area (Å²) in [6.07, 6.45) is 8.62. The molecule has 1 aromatic carbocycles. The fourth-order valence-corrected chi connectivity index (χ4v) is 2.88. The number of carboxylic acid groups (broad SMARTS) is 1. The maximum absolute atomic E-state index is 11.3. The molecule has 3 aromatic heterocycles. The summed E-state index contributed by atoms with van der Waals surface area (Å²) >= 11 is 0. The molecule has 1 N–H and O–H groups in total. The standard InChI is InChI=1S/C19H16N6O2/c1-24-10-15(9-22-24)12-4-3-5-13(6-12)18-20-7-14(8-21-18)16-11-25(2)23-17(16)19(26)27/h3-11H,1-2H3,(H,26,27). The van der Waals surface area contributed by atoms with E-state index in [4.69, 9.17) is 0 Å². The van der Waals surface area contributed by atoms with Crippen molar-refractivity contribution in [3.05, 3.63) is 60.9 Å². The van der Waals surface area contributed by atoms with Gasteiger partial charge in [0.1, 0.15) is 0 Å². The molecular weight excluding hydrogens is 344 g/mol. The normalized spacial score (nSPS) is 10.9. The second-order valence-electron chi connectivity index (χ2n) is 6.15. The lowest BCUT2D eigenvalue weighted by Crippen LogP contribution is -2.01. The first-order chi connectivity index (χ1) is 13.0. The van der Waals surface area contributed by atoms with Gasteiger partial charge in [0, 0.05) is 61.1 Å². The Labute approximate surface area is 154 Å². The molecule has 0 saturated heterocycles. The summed E-state index contributed by atoms with van der Waals surface area (Å²) in [5.41, 5.74) is 3.97. The van der Waals surface area contributed by atoms with Gasteiger partial charge in [0.05, 0.1) is 6.20 Å². The quantitative estimate of drug-likeness (QED) is 0.601. The number of aromatic carboxylic acids is 1. The van der Waals surface area contributed by atoms with Crippen LogP contribution in [0, 0.1) is 0 Å². The molecule has 0 atom stereocenters. The predicted molar refractivity (Wildman–Crippen MR) is 98.8 cm³/mol. The minimum Gasteiger partial charge on any atom is -0.476 e. The van der Waals surface area contributed by atoms with Crippen LogP contribution >= 0.6 is 0 Å². The van der Waals surface area contributed by atoms with E-state index in [9.17, 15) is 9.90 Å². The molecule has 0 radical (unpaired) electrons. The topological polar surface area (TPSA) is 98.7 Å². The Kier molecular flexibility index (Phi) is 4.00. The van der Waals surface area contributed by atoms with Crippen LogP contribution in [0.1, 0.15) is 10.5 Å². The molecule has 4 rings (SSSR count). The average molecular weight is 360 g/mol. The van der Waals surface area contributed by atoms with Crippen molar-refractivity contribution >= 4 is 5.97 Å². The van der Waals surface area contributed by atoms with Gasteiger partial charge in [-0.25, -0.2) is 14.8 Å². The van der Waals surface area contributed by atoms with Gasteiger partial charge < -0.3 is 5.11 Å². The first-order valence-electron chi connectivity index (χ1n) is 8.20. The zero-order valence-electron chi connectivity index (χ0n) is 14.7. The van der Waals surface area contributed by atoms with E-state index >= 15 is 0 Å². The molecule has 4 aromatic rings. The summed E-state index contributed by atoms with van der Waals surface area (Å²) in [5, 5.41) is 17.5. The van der Waals surface area contributed by atoms with Crippen molar-refractivity contribution in [2.45, 2.75) is 0 Å². The highest BCUT2D eigenvalue weighted by Crippen LogP contribution is 2.26. The number of aryl methyl sites for hydroxylation is 2. The van der Waals surface area contributed by atoms with Crippen LogP contribution in [0.2, 0.25) is 0 Å². The highest BCUT2D eigenvalue weighted by molar-refractivity contribution is 5.93. The second-order valence-corrected chi connectivity index (χ2v) is 6.15. The van der Waals surface area contributed by atoms with Gasteiger partial charge in [0.25, 0.3) is 0 Å². The number of hydrogen-bond donors (Lipinski definition) is 1. The third-order valence-corrected chi connectivity index (χ3v) is 4.15. The van der Waals surface area contributed by atoms with Crippen molar-refractivity contribution < 1.29 is 9.90 Å². The summed E-state index contributed by atoms with van der Waals surface area (Å²) in [6, 6.07) is 7.88. The van der Waals surface area contributed by atoms with E-state index in [2.05, 4.69) is 20.2 Å². The number of hydrogen-bond acceptors (Lipinski definition) is 5. The largest absolute Gasteiger partial charge is 0.476 e. The molecule has 0 aliphatic rings. The van der Waals surface area contributed by atoms with Gasteiger partial charge >= 0.3 is 5.97 Å². The maximum atomic E-state index is 11.3. The van der Waals surface area contributed by atoms with Crippen LogP contribution < -0.4 is 0 Å². The SMILES string of the molecule is Cn1cc(-c2cccc(-c3ncc(-c4cn(C)nc4C(=O)O)cn3)c2)cn1. The first kappa shape index (κ1) is 16.6. The van der Waals surface area contributed by atoms with Crippen molar-refractivity contribution in [2.75, 3.05) is 0 Å². The van der Waals surface area contributed by atoms with Gasteiger partial charge in [-0.05, 0) is 11.6 Å². The first-order valence-corrected chi connectivity index (χ1v) is 8.20. The van der Waals surface area contributed by atoms with Crippen molar-refractivity contribution in [1.82, 2.24) is 29.5 Å². The predicted octanol–water partition coefficient (Wildman–Crippen LogP) is 2.64. The molecular formula is C19H16N6O2. The number of rotatable bonds is 4. The zero-order valence-corrected chi connectivity index (χ0v) is 14.7. The van der Waals surface area contributed by atoms with Gasteiger partial charge in [-0.2, -0.15) is 10.2 Å². The Morgan fingerprint density at radius 3 is 2.33 bits per heavy atom. The molecule has 8 nitrogen and oxygen atoms in total. The van der Waals surface area contributed by atoms with Gasteiger partial charge in [0.15, 0.2) is 11.5 Å². The Balaban J connectivity index is 1.68. The van der Waals surface area contributed by atoms with Crippen LogP contribution in [0.15, 0.2) is 55.2 Å². The third-order valence-electron chi connectivity index (χ3n) is 4.15. The lowest BCUT2D eigenvalue weighted by molar-refractivity contribution is 0.0690. The molecule has 134 valence electrons. The van der Waals surface area contributed by atoms with Crippen LogP contribution in [-0.2, 0) is 14.1 Å². The molecule has 0 aliphatic heterocycles. The van der Waals surface area contributed by atoms with Crippen LogP contribution in [0.5, 0.6) is 0 Å². The molecule has 0 aliphatic carbocycles. The molecule has 0 amide bonds. The molecule has 27 heavy (non-hydrogen) atoms. The lowest BCUT2D eigenvalue weighted by atomic mass is 10.1. The van der Waals surface area contributed by atoms with E-state index in [-0.39, 0.29) is 5.69 Å². The number of aromatic nitrogens is 6. The summed E-state index contributed by atoms with van der Waals surface area (Å²) in [7, 11) is 3.55. The van der Waals surface area contributed by atoms with E-state index in [1.807, 2.05) is 37.5 Å². The Hall–Kier alpha value is -3.81. The van der Waals surface area contributed by atoms with E-state index in [0.717, 1.165) is 16.7 Å². The van der Waals surface area contributed by atoms with Gasteiger partial charge in [-0.3, -0.25) is 9.36 Å². The Morgan fingerprint density at radius 2 is 1.67 bits per heavy atom. The Bertz CT molecular complexity index is 1130. The van der Waals surface area contributed by atoms with Gasteiger partial charge in [-0.1, -0.05) is 18.2 Å². The van der Waals surface area contributed by atoms with Crippen molar-refractivity contribution in [3.8, 4) is 33.6 Å². The molecule has 0 bridgehead atoms. The average Bonchev–Trinajstić information content (AvgIpc) is 3.28. The summed E-state index contributed by atoms with van der Waals surface area (Å²) in [4.78, 5) is 20.2. The van der Waals surface area contributed by atoms with Crippen LogP contribution in [0.25, 0.3) is 33.6 Å². The van der Waals surface area contributed by atoms with Crippen molar-refractivity contribution in [3.63, 3.8) is 0 Å². The van der Waals surface area contributed by atoms with Crippen LogP contribution in [0.3, 0.4) is 0 Å². The minimum absolute atomic E-state index is 0.0209. The highest BCUT2D eigenvalue weighted by Gasteiger charge is 2.17. The van der Waals surface area contributed by atoms with E-state index in [1.165, 1.54) is 4.68 Å². The van der Waals surface area contributed by atoms with E-state index < -0.39 is 5.97 Å². The van der Waals surface area contributed by atoms with Gasteiger partial charge in [0.2, 0.25) is 0 Å². The number of nitrogens with zero attached hydrogens (tertiary/aromatic N) is 6. The van der Waals surface area contributed by atoms with Crippen LogP contribution in [0.4, 0.5) is 0 Å². The summed E-state index contributed by atoms with van der Waals surface area (Å²) in [6.45, 7) is 0. The molecule has 0 fully saturated rings. The Morgan fingerprint density at radius 1 is 0.926 bits per heavy atom. The summed E-state index contributed by atoms with van der Waals surface area (Å²) in [5.74, 6) is -0.524. The fourth-order valence-electron chi connectivity index (χ4n) is 2.88. The molecule has 0 unspecified atom stereocenters. The second kappa shape index (κ2) is 6.49. The molecule has 3 heterocycles. The van der Waals surface area contributed by atoms with Crippen molar-refractivity contribution in [1.29, 1.82) is 0 Å². The molecule has 0 saturated carbocycles. The number of carbonyl (C=O) groups is 1. The lowest BCUT2D eigenvalue weighted by Gasteiger charge is -2.04. The monoisotopic (exact) mass is 360 g/mol. The number of benzene rings is 1. The fraction of sp³-hybridized carbons (Fsp3) is 0.105. The van der Waals surface area contributed by atoms with Gasteiger partial charge in [-0.15, -0.1) is 0 Å². The zero-order chi connectivity index (χ0) is 19.0. The van der Waals surface area contributed by atoms with Crippen LogP contribution in [-0.4, -0.2) is 40.6 Å². The van der Waals surface area contributed by atoms with E-state index in [0.29, 0.717) is 17.0 Å². The molecule has 0 spiro atoms. The molecule has 8 heteroatoms. The number of carboxylic acids is 1.